The van der Waals surface area contributed by atoms with Crippen molar-refractivity contribution in [3.63, 3.8) is 0 Å². The van der Waals surface area contributed by atoms with E-state index in [-0.39, 0.29) is 5.97 Å². The first kappa shape index (κ1) is 20.8. The number of aromatic nitrogens is 1. The van der Waals surface area contributed by atoms with Gasteiger partial charge < -0.3 is 9.84 Å². The van der Waals surface area contributed by atoms with Crippen molar-refractivity contribution in [1.29, 1.82) is 0 Å². The molecule has 0 saturated carbocycles. The lowest BCUT2D eigenvalue weighted by Crippen LogP contribution is -2.26. The average molecular weight is 367 g/mol. The van der Waals surface area contributed by atoms with Crippen LogP contribution in [0.1, 0.15) is 62.8 Å². The third-order valence-corrected chi connectivity index (χ3v) is 4.56. The summed E-state index contributed by atoms with van der Waals surface area (Å²) < 4.78 is 5.11. The number of ether oxygens (including phenoxy) is 1. The van der Waals surface area contributed by atoms with Gasteiger partial charge in [0.25, 0.3) is 0 Å². The second-order valence-corrected chi connectivity index (χ2v) is 7.25. The molecule has 1 aromatic carbocycles. The van der Waals surface area contributed by atoms with Crippen LogP contribution in [0.15, 0.2) is 54.9 Å². The topological polar surface area (TPSA) is 59.4 Å². The molecule has 1 unspecified atom stereocenters. The van der Waals surface area contributed by atoms with Crippen LogP contribution in [0.25, 0.3) is 6.08 Å². The van der Waals surface area contributed by atoms with Crippen molar-refractivity contribution in [2.24, 2.45) is 5.41 Å². The van der Waals surface area contributed by atoms with Crippen molar-refractivity contribution in [3.05, 3.63) is 71.6 Å². The van der Waals surface area contributed by atoms with Crippen molar-refractivity contribution in [1.82, 2.24) is 4.98 Å². The molecule has 0 amide bonds. The Labute approximate surface area is 161 Å². The predicted molar refractivity (Wildman–Crippen MR) is 108 cm³/mol. The van der Waals surface area contributed by atoms with Gasteiger partial charge in [0, 0.05) is 18.0 Å². The van der Waals surface area contributed by atoms with E-state index in [1.54, 1.807) is 12.4 Å². The molecule has 1 N–H and O–H groups in total. The molecule has 0 aliphatic heterocycles. The number of hydrogen-bond acceptors (Lipinski definition) is 4. The average Bonchev–Trinajstić information content (AvgIpc) is 2.68. The molecule has 0 aliphatic rings. The highest BCUT2D eigenvalue weighted by atomic mass is 16.5. The van der Waals surface area contributed by atoms with Gasteiger partial charge in [0.05, 0.1) is 12.0 Å². The molecule has 2 rings (SSSR count). The van der Waals surface area contributed by atoms with Crippen LogP contribution in [0.3, 0.4) is 0 Å². The van der Waals surface area contributed by atoms with Crippen molar-refractivity contribution >= 4 is 12.0 Å². The van der Waals surface area contributed by atoms with Gasteiger partial charge in [0.15, 0.2) is 0 Å². The number of esters is 1. The molecule has 0 radical (unpaired) electrons. The molecule has 0 bridgehead atoms. The molecule has 0 fully saturated rings. The maximum Gasteiger partial charge on any atom is 0.311 e. The van der Waals surface area contributed by atoms with Crippen molar-refractivity contribution in [2.75, 3.05) is 6.61 Å². The first-order valence-corrected chi connectivity index (χ1v) is 9.46. The molecule has 1 atom stereocenters. The Hall–Kier alpha value is -2.46. The van der Waals surface area contributed by atoms with Gasteiger partial charge in [-0.15, -0.1) is 0 Å². The molecular formula is C23H29NO3. The molecule has 2 aromatic rings. The van der Waals surface area contributed by atoms with Gasteiger partial charge in [-0.05, 0) is 57.2 Å². The van der Waals surface area contributed by atoms with Gasteiger partial charge in [-0.3, -0.25) is 9.78 Å². The summed E-state index contributed by atoms with van der Waals surface area (Å²) in [6.45, 7) is 6.12. The fourth-order valence-corrected chi connectivity index (χ4v) is 2.83. The molecule has 0 aliphatic carbocycles. The summed E-state index contributed by atoms with van der Waals surface area (Å²) in [6, 6.07) is 11.5. The number of pyridine rings is 1. The first-order valence-electron chi connectivity index (χ1n) is 9.46. The van der Waals surface area contributed by atoms with Crippen LogP contribution < -0.4 is 0 Å². The third-order valence-electron chi connectivity index (χ3n) is 4.56. The SMILES string of the molecule is CCOC(=O)C(C)(C)CCC/C=C/c1ccc(C(O)c2cccnc2)cc1. The molecule has 27 heavy (non-hydrogen) atoms. The molecule has 0 saturated heterocycles. The molecular weight excluding hydrogens is 338 g/mol. The fraction of sp³-hybridized carbons (Fsp3) is 0.391. The minimum Gasteiger partial charge on any atom is -0.466 e. The van der Waals surface area contributed by atoms with Crippen LogP contribution in [0.2, 0.25) is 0 Å². The quantitative estimate of drug-likeness (QED) is 0.504. The molecule has 144 valence electrons. The zero-order valence-electron chi connectivity index (χ0n) is 16.4. The van der Waals surface area contributed by atoms with E-state index in [1.165, 1.54) is 0 Å². The summed E-state index contributed by atoms with van der Waals surface area (Å²) in [5.41, 5.74) is 2.27. The second-order valence-electron chi connectivity index (χ2n) is 7.25. The van der Waals surface area contributed by atoms with Gasteiger partial charge in [-0.1, -0.05) is 42.5 Å². The highest BCUT2D eigenvalue weighted by molar-refractivity contribution is 5.75. The van der Waals surface area contributed by atoms with Crippen molar-refractivity contribution in [2.45, 2.75) is 46.1 Å². The third kappa shape index (κ3) is 6.33. The second kappa shape index (κ2) is 10.0. The summed E-state index contributed by atoms with van der Waals surface area (Å²) >= 11 is 0. The van der Waals surface area contributed by atoms with Crippen LogP contribution in [-0.4, -0.2) is 22.7 Å². The maximum absolute atomic E-state index is 11.9. The van der Waals surface area contributed by atoms with E-state index >= 15 is 0 Å². The summed E-state index contributed by atoms with van der Waals surface area (Å²) in [5.74, 6) is -0.128. The zero-order chi connectivity index (χ0) is 19.7. The number of nitrogens with zero attached hydrogens (tertiary/aromatic N) is 1. The Balaban J connectivity index is 1.83. The Morgan fingerprint density at radius 1 is 1.22 bits per heavy atom. The minimum atomic E-state index is -0.665. The smallest absolute Gasteiger partial charge is 0.311 e. The van der Waals surface area contributed by atoms with E-state index in [0.29, 0.717) is 6.61 Å². The molecule has 1 aromatic heterocycles. The highest BCUT2D eigenvalue weighted by Gasteiger charge is 2.28. The number of aliphatic hydroxyl groups excluding tert-OH is 1. The zero-order valence-corrected chi connectivity index (χ0v) is 16.4. The number of rotatable bonds is 9. The summed E-state index contributed by atoms with van der Waals surface area (Å²) in [7, 11) is 0. The van der Waals surface area contributed by atoms with Gasteiger partial charge in [0.2, 0.25) is 0 Å². The lowest BCUT2D eigenvalue weighted by molar-refractivity contribution is -0.153. The Bertz CT molecular complexity index is 736. The van der Waals surface area contributed by atoms with E-state index in [2.05, 4.69) is 17.1 Å². The number of unbranched alkanes of at least 4 members (excludes halogenated alkanes) is 1. The molecule has 0 spiro atoms. The summed E-state index contributed by atoms with van der Waals surface area (Å²) in [4.78, 5) is 15.9. The highest BCUT2D eigenvalue weighted by Crippen LogP contribution is 2.25. The van der Waals surface area contributed by atoms with Crippen molar-refractivity contribution in [3.8, 4) is 0 Å². The van der Waals surface area contributed by atoms with Gasteiger partial charge in [-0.2, -0.15) is 0 Å². The minimum absolute atomic E-state index is 0.128. The van der Waals surface area contributed by atoms with Gasteiger partial charge in [-0.25, -0.2) is 0 Å². The number of carbonyl (C=O) groups excluding carboxylic acids is 1. The molecule has 4 nitrogen and oxygen atoms in total. The van der Waals surface area contributed by atoms with Crippen LogP contribution in [0, 0.1) is 5.41 Å². The number of carbonyl (C=O) groups is 1. The van der Waals surface area contributed by atoms with E-state index in [1.807, 2.05) is 57.2 Å². The van der Waals surface area contributed by atoms with E-state index in [9.17, 15) is 9.90 Å². The number of benzene rings is 1. The Morgan fingerprint density at radius 2 is 1.96 bits per heavy atom. The van der Waals surface area contributed by atoms with Gasteiger partial charge in [0.1, 0.15) is 6.10 Å². The predicted octanol–water partition coefficient (Wildman–Crippen LogP) is 4.94. The Kier molecular flexibility index (Phi) is 7.74. The summed E-state index contributed by atoms with van der Waals surface area (Å²) in [6.07, 6.45) is 9.52. The Morgan fingerprint density at radius 3 is 2.59 bits per heavy atom. The van der Waals surface area contributed by atoms with E-state index in [0.717, 1.165) is 36.0 Å². The number of aliphatic hydroxyl groups is 1. The maximum atomic E-state index is 11.9. The largest absolute Gasteiger partial charge is 0.466 e. The van der Waals surface area contributed by atoms with Crippen LogP contribution in [0.5, 0.6) is 0 Å². The molecule has 4 heteroatoms. The number of hydrogen-bond donors (Lipinski definition) is 1. The monoisotopic (exact) mass is 367 g/mol. The van der Waals surface area contributed by atoms with Crippen molar-refractivity contribution < 1.29 is 14.6 Å². The van der Waals surface area contributed by atoms with Gasteiger partial charge >= 0.3 is 5.97 Å². The molecule has 1 heterocycles. The van der Waals surface area contributed by atoms with E-state index in [4.69, 9.17) is 4.74 Å². The first-order chi connectivity index (χ1) is 12.9. The van der Waals surface area contributed by atoms with Crippen LogP contribution >= 0.6 is 0 Å². The number of allylic oxidation sites excluding steroid dienone is 1. The van der Waals surface area contributed by atoms with Crippen LogP contribution in [0.4, 0.5) is 0 Å². The van der Waals surface area contributed by atoms with E-state index < -0.39 is 11.5 Å². The normalized spacial score (nSPS) is 12.9. The fourth-order valence-electron chi connectivity index (χ4n) is 2.83. The standard InChI is InChI=1S/C23H29NO3/c1-4-27-22(26)23(2,3)15-7-5-6-9-18-11-13-19(14-12-18)21(25)20-10-8-16-24-17-20/h6,8-14,16-17,21,25H,4-5,7,15H2,1-3H3/b9-6+. The summed E-state index contributed by atoms with van der Waals surface area (Å²) in [5, 5.41) is 10.4. The lowest BCUT2D eigenvalue weighted by atomic mass is 9.87. The van der Waals surface area contributed by atoms with Crippen LogP contribution in [-0.2, 0) is 9.53 Å². The lowest BCUT2D eigenvalue weighted by Gasteiger charge is -2.21.